The molecule has 110 valence electrons. The van der Waals surface area contributed by atoms with E-state index in [1.807, 2.05) is 11.8 Å². The maximum atomic E-state index is 11.2. The van der Waals surface area contributed by atoms with Crippen LogP contribution in [0.5, 0.6) is 0 Å². The number of rotatable bonds is 5. The predicted molar refractivity (Wildman–Crippen MR) is 84.0 cm³/mol. The molecule has 20 heavy (non-hydrogen) atoms. The summed E-state index contributed by atoms with van der Waals surface area (Å²) < 4.78 is 0.179. The summed E-state index contributed by atoms with van der Waals surface area (Å²) in [5, 5.41) is 12.7. The molecule has 1 fully saturated rings. The number of carboxylic acid groups (broad SMARTS) is 1. The first kappa shape index (κ1) is 15.4. The number of aromatic nitrogens is 1. The van der Waals surface area contributed by atoms with Gasteiger partial charge in [-0.2, -0.15) is 11.8 Å². The minimum absolute atomic E-state index is 0.168. The zero-order valence-corrected chi connectivity index (χ0v) is 13.1. The van der Waals surface area contributed by atoms with Crippen LogP contribution in [0.15, 0.2) is 12.1 Å². The quantitative estimate of drug-likeness (QED) is 0.807. The number of nitrogens with zero attached hydrogens (tertiary/aromatic N) is 1. The highest BCUT2D eigenvalue weighted by molar-refractivity contribution is 8.00. The van der Waals surface area contributed by atoms with E-state index in [1.165, 1.54) is 31.4 Å². The number of nitrogens with one attached hydrogen (secondary N) is 1. The number of anilines is 1. The average molecular weight is 315 g/mol. The van der Waals surface area contributed by atoms with Crippen LogP contribution in [-0.4, -0.2) is 33.6 Å². The monoisotopic (exact) mass is 314 g/mol. The van der Waals surface area contributed by atoms with E-state index in [1.54, 1.807) is 0 Å². The van der Waals surface area contributed by atoms with E-state index >= 15 is 0 Å². The Kier molecular flexibility index (Phi) is 5.16. The van der Waals surface area contributed by atoms with Crippen LogP contribution in [0.1, 0.15) is 42.5 Å². The summed E-state index contributed by atoms with van der Waals surface area (Å²) in [6.45, 7) is 0.724. The number of carboxylic acids is 1. The molecule has 0 bridgehead atoms. The summed E-state index contributed by atoms with van der Waals surface area (Å²) >= 11 is 7.72. The van der Waals surface area contributed by atoms with Gasteiger partial charge in [-0.3, -0.25) is 0 Å². The molecule has 1 aliphatic carbocycles. The third kappa shape index (κ3) is 3.58. The molecule has 0 amide bonds. The molecule has 2 rings (SSSR count). The van der Waals surface area contributed by atoms with Gasteiger partial charge in [0.25, 0.3) is 0 Å². The van der Waals surface area contributed by atoms with Crippen molar-refractivity contribution in [3.8, 4) is 0 Å². The lowest BCUT2D eigenvalue weighted by Gasteiger charge is -2.36. The zero-order chi connectivity index (χ0) is 14.6. The SMILES string of the molecule is CSC1(CNc2nc(Cl)ccc2C(=O)O)CCCCC1. The predicted octanol–water partition coefficient (Wildman–Crippen LogP) is 3.91. The molecular weight excluding hydrogens is 296 g/mol. The number of carbonyl (C=O) groups is 1. The molecule has 4 nitrogen and oxygen atoms in total. The van der Waals surface area contributed by atoms with Gasteiger partial charge in [0.05, 0.1) is 0 Å². The van der Waals surface area contributed by atoms with Gasteiger partial charge < -0.3 is 10.4 Å². The number of thioether (sulfide) groups is 1. The highest BCUT2D eigenvalue weighted by Gasteiger charge is 2.31. The molecule has 0 unspecified atom stereocenters. The number of hydrogen-bond acceptors (Lipinski definition) is 4. The molecule has 0 spiro atoms. The molecule has 1 aliphatic rings. The van der Waals surface area contributed by atoms with Gasteiger partial charge in [0.1, 0.15) is 16.5 Å². The fourth-order valence-corrected chi connectivity index (χ4v) is 3.70. The van der Waals surface area contributed by atoms with E-state index in [9.17, 15) is 9.90 Å². The molecule has 2 N–H and O–H groups in total. The van der Waals surface area contributed by atoms with Crippen LogP contribution in [0.4, 0.5) is 5.82 Å². The van der Waals surface area contributed by atoms with Crippen LogP contribution in [0.3, 0.4) is 0 Å². The van der Waals surface area contributed by atoms with Crippen molar-refractivity contribution in [1.29, 1.82) is 0 Å². The molecule has 0 aromatic carbocycles. The van der Waals surface area contributed by atoms with E-state index in [0.29, 0.717) is 11.0 Å². The summed E-state index contributed by atoms with van der Waals surface area (Å²) in [6.07, 6.45) is 8.19. The Morgan fingerprint density at radius 1 is 1.45 bits per heavy atom. The van der Waals surface area contributed by atoms with Crippen molar-refractivity contribution in [1.82, 2.24) is 4.98 Å². The van der Waals surface area contributed by atoms with Crippen LogP contribution in [0, 0.1) is 0 Å². The molecule has 0 atom stereocenters. The van der Waals surface area contributed by atoms with Gasteiger partial charge in [-0.15, -0.1) is 0 Å². The summed E-state index contributed by atoms with van der Waals surface area (Å²) in [5.74, 6) is -0.623. The maximum Gasteiger partial charge on any atom is 0.339 e. The Bertz CT molecular complexity index is 490. The number of aromatic carboxylic acids is 1. The molecule has 1 saturated carbocycles. The Balaban J connectivity index is 2.13. The van der Waals surface area contributed by atoms with Crippen molar-refractivity contribution in [2.75, 3.05) is 18.1 Å². The first-order valence-corrected chi connectivity index (χ1v) is 8.35. The molecule has 0 aliphatic heterocycles. The van der Waals surface area contributed by atoms with Crippen molar-refractivity contribution in [3.05, 3.63) is 22.8 Å². The number of pyridine rings is 1. The summed E-state index contributed by atoms with van der Waals surface area (Å²) in [4.78, 5) is 15.3. The second kappa shape index (κ2) is 6.68. The van der Waals surface area contributed by atoms with Crippen LogP contribution < -0.4 is 5.32 Å². The van der Waals surface area contributed by atoms with Crippen molar-refractivity contribution >= 4 is 35.1 Å². The van der Waals surface area contributed by atoms with E-state index in [4.69, 9.17) is 11.6 Å². The minimum atomic E-state index is -0.987. The van der Waals surface area contributed by atoms with Gasteiger partial charge >= 0.3 is 5.97 Å². The summed E-state index contributed by atoms with van der Waals surface area (Å²) in [5.41, 5.74) is 0.168. The molecule has 0 saturated heterocycles. The van der Waals surface area contributed by atoms with Crippen LogP contribution >= 0.6 is 23.4 Å². The topological polar surface area (TPSA) is 62.2 Å². The second-order valence-electron chi connectivity index (χ2n) is 5.14. The molecule has 0 radical (unpaired) electrons. The third-order valence-electron chi connectivity index (χ3n) is 3.87. The average Bonchev–Trinajstić information content (AvgIpc) is 2.46. The maximum absolute atomic E-state index is 11.2. The van der Waals surface area contributed by atoms with Crippen molar-refractivity contribution < 1.29 is 9.90 Å². The number of hydrogen-bond donors (Lipinski definition) is 2. The fourth-order valence-electron chi connectivity index (χ4n) is 2.64. The van der Waals surface area contributed by atoms with Crippen molar-refractivity contribution in [3.63, 3.8) is 0 Å². The highest BCUT2D eigenvalue weighted by atomic mass is 35.5. The van der Waals surface area contributed by atoms with Gasteiger partial charge in [-0.05, 0) is 31.2 Å². The Morgan fingerprint density at radius 2 is 2.15 bits per heavy atom. The van der Waals surface area contributed by atoms with Gasteiger partial charge in [0.2, 0.25) is 0 Å². The van der Waals surface area contributed by atoms with Crippen LogP contribution in [0.2, 0.25) is 5.15 Å². The molecule has 6 heteroatoms. The van der Waals surface area contributed by atoms with E-state index in [0.717, 1.165) is 19.4 Å². The lowest BCUT2D eigenvalue weighted by atomic mass is 9.88. The third-order valence-corrected chi connectivity index (χ3v) is 5.50. The van der Waals surface area contributed by atoms with Crippen LogP contribution in [-0.2, 0) is 0 Å². The smallest absolute Gasteiger partial charge is 0.339 e. The lowest BCUT2D eigenvalue weighted by molar-refractivity contribution is 0.0697. The lowest BCUT2D eigenvalue weighted by Crippen LogP contribution is -2.36. The van der Waals surface area contributed by atoms with Gasteiger partial charge in [0.15, 0.2) is 0 Å². The zero-order valence-electron chi connectivity index (χ0n) is 11.5. The van der Waals surface area contributed by atoms with E-state index in [2.05, 4.69) is 16.6 Å². The highest BCUT2D eigenvalue weighted by Crippen LogP contribution is 2.38. The molecular formula is C14H19ClN2O2S. The Labute approximate surface area is 128 Å². The van der Waals surface area contributed by atoms with Gasteiger partial charge in [0, 0.05) is 11.3 Å². The van der Waals surface area contributed by atoms with Crippen molar-refractivity contribution in [2.45, 2.75) is 36.9 Å². The summed E-state index contributed by atoms with van der Waals surface area (Å²) in [7, 11) is 0. The van der Waals surface area contributed by atoms with Gasteiger partial charge in [-0.25, -0.2) is 9.78 Å². The first-order valence-electron chi connectivity index (χ1n) is 6.75. The molecule has 1 heterocycles. The number of halogens is 1. The second-order valence-corrected chi connectivity index (χ2v) is 6.80. The Hall–Kier alpha value is -0.940. The van der Waals surface area contributed by atoms with Gasteiger partial charge in [-0.1, -0.05) is 30.9 Å². The van der Waals surface area contributed by atoms with E-state index < -0.39 is 5.97 Å². The standard InChI is InChI=1S/C14H19ClN2O2S/c1-20-14(7-3-2-4-8-14)9-16-12-10(13(18)19)5-6-11(15)17-12/h5-6H,2-4,7-9H2,1H3,(H,16,17)(H,18,19). The molecule has 1 aromatic rings. The van der Waals surface area contributed by atoms with Crippen molar-refractivity contribution in [2.24, 2.45) is 0 Å². The van der Waals surface area contributed by atoms with E-state index in [-0.39, 0.29) is 10.3 Å². The Morgan fingerprint density at radius 3 is 2.75 bits per heavy atom. The first-order chi connectivity index (χ1) is 9.56. The molecule has 1 aromatic heterocycles. The fraction of sp³-hybridized carbons (Fsp3) is 0.571. The van der Waals surface area contributed by atoms with Crippen LogP contribution in [0.25, 0.3) is 0 Å². The summed E-state index contributed by atoms with van der Waals surface area (Å²) in [6, 6.07) is 2.99. The normalized spacial score (nSPS) is 17.7. The largest absolute Gasteiger partial charge is 0.478 e. The minimum Gasteiger partial charge on any atom is -0.478 e.